The third kappa shape index (κ3) is 5.14. The number of rotatable bonds is 6. The molecule has 0 aromatic rings. The van der Waals surface area contributed by atoms with Crippen LogP contribution in [0.2, 0.25) is 0 Å². The minimum absolute atomic E-state index is 0.271. The average molecular weight is 215 g/mol. The predicted molar refractivity (Wildman–Crippen MR) is 57.9 cm³/mol. The van der Waals surface area contributed by atoms with Gasteiger partial charge in [0.05, 0.1) is 6.10 Å². The van der Waals surface area contributed by atoms with Gasteiger partial charge in [-0.25, -0.2) is 0 Å². The molecule has 0 aliphatic carbocycles. The van der Waals surface area contributed by atoms with Crippen molar-refractivity contribution in [2.75, 3.05) is 19.7 Å². The largest absolute Gasteiger partial charge is 0.481 e. The van der Waals surface area contributed by atoms with Gasteiger partial charge in [0, 0.05) is 19.6 Å². The fraction of sp³-hybridized carbons (Fsp3) is 0.909. The topological polar surface area (TPSA) is 58.6 Å². The van der Waals surface area contributed by atoms with Gasteiger partial charge in [0.15, 0.2) is 0 Å². The molecule has 2 N–H and O–H groups in total. The molecule has 4 heteroatoms. The summed E-state index contributed by atoms with van der Waals surface area (Å²) in [5, 5.41) is 11.9. The molecule has 1 aliphatic heterocycles. The normalized spacial score (nSPS) is 26.5. The molecule has 0 aromatic heterocycles. The van der Waals surface area contributed by atoms with Crippen LogP contribution in [0.25, 0.3) is 0 Å². The fourth-order valence-electron chi connectivity index (χ4n) is 1.95. The number of piperidine rings is 1. The molecular weight excluding hydrogens is 194 g/mol. The van der Waals surface area contributed by atoms with E-state index in [1.165, 1.54) is 0 Å². The third-order valence-corrected chi connectivity index (χ3v) is 2.73. The summed E-state index contributed by atoms with van der Waals surface area (Å²) in [5.41, 5.74) is 0. The molecule has 0 aromatic carbocycles. The number of hydrogen-bond acceptors (Lipinski definition) is 3. The van der Waals surface area contributed by atoms with Crippen molar-refractivity contribution in [2.24, 2.45) is 5.92 Å². The zero-order chi connectivity index (χ0) is 11.1. The van der Waals surface area contributed by atoms with Crippen molar-refractivity contribution >= 4 is 5.97 Å². The molecule has 0 unspecified atom stereocenters. The highest BCUT2D eigenvalue weighted by molar-refractivity contribution is 5.66. The number of ether oxygens (including phenoxy) is 1. The first-order chi connectivity index (χ1) is 7.22. The fourth-order valence-corrected chi connectivity index (χ4v) is 1.95. The number of hydrogen-bond donors (Lipinski definition) is 2. The number of carboxylic acid groups (broad SMARTS) is 1. The zero-order valence-electron chi connectivity index (χ0n) is 9.37. The van der Waals surface area contributed by atoms with E-state index in [4.69, 9.17) is 9.84 Å². The van der Waals surface area contributed by atoms with Crippen LogP contribution < -0.4 is 5.32 Å². The quantitative estimate of drug-likeness (QED) is 0.700. The van der Waals surface area contributed by atoms with Crippen molar-refractivity contribution in [2.45, 2.75) is 38.7 Å². The van der Waals surface area contributed by atoms with Crippen LogP contribution in [0.3, 0.4) is 0 Å². The van der Waals surface area contributed by atoms with Gasteiger partial charge in [0.2, 0.25) is 0 Å². The SMILES string of the molecule is CCCO[C@H]1CNC[C@@H](CCC(=O)O)C1. The molecule has 1 heterocycles. The second kappa shape index (κ2) is 6.80. The first-order valence-corrected chi connectivity index (χ1v) is 5.76. The van der Waals surface area contributed by atoms with Crippen LogP contribution in [0.5, 0.6) is 0 Å². The third-order valence-electron chi connectivity index (χ3n) is 2.73. The average Bonchev–Trinajstić information content (AvgIpc) is 2.24. The van der Waals surface area contributed by atoms with Gasteiger partial charge in [-0.3, -0.25) is 4.79 Å². The maximum absolute atomic E-state index is 10.4. The van der Waals surface area contributed by atoms with Gasteiger partial charge in [0.1, 0.15) is 0 Å². The maximum atomic E-state index is 10.4. The lowest BCUT2D eigenvalue weighted by atomic mass is 9.93. The summed E-state index contributed by atoms with van der Waals surface area (Å²) in [6.45, 7) is 4.74. The van der Waals surface area contributed by atoms with Gasteiger partial charge in [-0.15, -0.1) is 0 Å². The van der Waals surface area contributed by atoms with Crippen molar-refractivity contribution in [3.8, 4) is 0 Å². The van der Waals surface area contributed by atoms with E-state index in [2.05, 4.69) is 12.2 Å². The number of carboxylic acids is 1. The lowest BCUT2D eigenvalue weighted by molar-refractivity contribution is -0.137. The summed E-state index contributed by atoms with van der Waals surface area (Å²) in [4.78, 5) is 10.4. The molecule has 4 nitrogen and oxygen atoms in total. The van der Waals surface area contributed by atoms with Crippen LogP contribution in [0.15, 0.2) is 0 Å². The highest BCUT2D eigenvalue weighted by Crippen LogP contribution is 2.18. The van der Waals surface area contributed by atoms with Gasteiger partial charge in [0.25, 0.3) is 0 Å². The number of carbonyl (C=O) groups is 1. The van der Waals surface area contributed by atoms with E-state index in [1.54, 1.807) is 0 Å². The first kappa shape index (κ1) is 12.5. The second-order valence-electron chi connectivity index (χ2n) is 4.19. The maximum Gasteiger partial charge on any atom is 0.303 e. The molecule has 2 atom stereocenters. The highest BCUT2D eigenvalue weighted by Gasteiger charge is 2.22. The molecule has 15 heavy (non-hydrogen) atoms. The van der Waals surface area contributed by atoms with Gasteiger partial charge < -0.3 is 15.2 Å². The molecule has 1 fully saturated rings. The van der Waals surface area contributed by atoms with E-state index in [9.17, 15) is 4.79 Å². The summed E-state index contributed by atoms with van der Waals surface area (Å²) in [6.07, 6.45) is 3.34. The van der Waals surface area contributed by atoms with Gasteiger partial charge in [-0.2, -0.15) is 0 Å². The summed E-state index contributed by atoms with van der Waals surface area (Å²) >= 11 is 0. The Balaban J connectivity index is 2.19. The van der Waals surface area contributed by atoms with Crippen molar-refractivity contribution in [3.05, 3.63) is 0 Å². The Hall–Kier alpha value is -0.610. The monoisotopic (exact) mass is 215 g/mol. The number of aliphatic carboxylic acids is 1. The smallest absolute Gasteiger partial charge is 0.303 e. The summed E-state index contributed by atoms with van der Waals surface area (Å²) < 4.78 is 5.66. The predicted octanol–water partition coefficient (Wildman–Crippen LogP) is 1.26. The molecule has 0 bridgehead atoms. The minimum Gasteiger partial charge on any atom is -0.481 e. The van der Waals surface area contributed by atoms with Crippen molar-refractivity contribution in [1.29, 1.82) is 0 Å². The molecule has 88 valence electrons. The summed E-state index contributed by atoms with van der Waals surface area (Å²) in [5.74, 6) is -0.247. The van der Waals surface area contributed by atoms with Crippen LogP contribution in [0.4, 0.5) is 0 Å². The van der Waals surface area contributed by atoms with E-state index >= 15 is 0 Å². The van der Waals surface area contributed by atoms with E-state index in [0.29, 0.717) is 5.92 Å². The highest BCUT2D eigenvalue weighted by atomic mass is 16.5. The Kier molecular flexibility index (Phi) is 5.65. The lowest BCUT2D eigenvalue weighted by Crippen LogP contribution is -2.41. The Morgan fingerprint density at radius 1 is 1.53 bits per heavy atom. The van der Waals surface area contributed by atoms with Gasteiger partial charge >= 0.3 is 5.97 Å². The van der Waals surface area contributed by atoms with Crippen LogP contribution in [-0.2, 0) is 9.53 Å². The van der Waals surface area contributed by atoms with Crippen molar-refractivity contribution < 1.29 is 14.6 Å². The summed E-state index contributed by atoms with van der Waals surface area (Å²) in [6, 6.07) is 0. The minimum atomic E-state index is -0.702. The Labute approximate surface area is 91.0 Å². The summed E-state index contributed by atoms with van der Waals surface area (Å²) in [7, 11) is 0. The molecule has 1 saturated heterocycles. The van der Waals surface area contributed by atoms with Gasteiger partial charge in [-0.05, 0) is 31.7 Å². The Morgan fingerprint density at radius 2 is 2.33 bits per heavy atom. The molecule has 1 rings (SSSR count). The molecule has 0 amide bonds. The van der Waals surface area contributed by atoms with Crippen molar-refractivity contribution in [1.82, 2.24) is 5.32 Å². The van der Waals surface area contributed by atoms with Crippen LogP contribution >= 0.6 is 0 Å². The van der Waals surface area contributed by atoms with E-state index < -0.39 is 5.97 Å². The van der Waals surface area contributed by atoms with Gasteiger partial charge in [-0.1, -0.05) is 6.92 Å². The van der Waals surface area contributed by atoms with Crippen LogP contribution in [0.1, 0.15) is 32.6 Å². The standard InChI is InChI=1S/C11H21NO3/c1-2-5-15-10-6-9(7-12-8-10)3-4-11(13)14/h9-10,12H,2-8H2,1H3,(H,13,14)/t9-,10+/m0/s1. The molecule has 0 saturated carbocycles. The molecular formula is C11H21NO3. The molecule has 1 aliphatic rings. The van der Waals surface area contributed by atoms with E-state index in [1.807, 2.05) is 0 Å². The second-order valence-corrected chi connectivity index (χ2v) is 4.19. The number of nitrogens with one attached hydrogen (secondary N) is 1. The van der Waals surface area contributed by atoms with E-state index in [-0.39, 0.29) is 12.5 Å². The van der Waals surface area contributed by atoms with Crippen LogP contribution in [-0.4, -0.2) is 36.9 Å². The van der Waals surface area contributed by atoms with Crippen molar-refractivity contribution in [3.63, 3.8) is 0 Å². The Morgan fingerprint density at radius 3 is 3.00 bits per heavy atom. The molecule has 0 radical (unpaired) electrons. The van der Waals surface area contributed by atoms with Crippen LogP contribution in [0, 0.1) is 5.92 Å². The lowest BCUT2D eigenvalue weighted by Gasteiger charge is -2.29. The zero-order valence-corrected chi connectivity index (χ0v) is 9.37. The molecule has 0 spiro atoms. The first-order valence-electron chi connectivity index (χ1n) is 5.76. The van der Waals surface area contributed by atoms with E-state index in [0.717, 1.165) is 39.0 Å². The Bertz CT molecular complexity index is 196.